The Bertz CT molecular complexity index is 1060. The van der Waals surface area contributed by atoms with Gasteiger partial charge in [-0.05, 0) is 32.4 Å². The van der Waals surface area contributed by atoms with Gasteiger partial charge in [0.1, 0.15) is 11.4 Å². The normalized spacial score (nSPS) is 11.1. The van der Waals surface area contributed by atoms with Crippen LogP contribution in [-0.2, 0) is 16.1 Å². The number of pyridine rings is 1. The number of anilines is 1. The van der Waals surface area contributed by atoms with Crippen molar-refractivity contribution in [2.24, 2.45) is 0 Å². The van der Waals surface area contributed by atoms with Crippen LogP contribution in [0.1, 0.15) is 121 Å². The molecular formula is C30H45FN2O4. The number of halogens is 1. The maximum atomic E-state index is 14.8. The molecule has 0 spiro atoms. The second-order valence-corrected chi connectivity index (χ2v) is 9.77. The number of rotatable bonds is 18. The molecule has 7 heteroatoms. The van der Waals surface area contributed by atoms with Crippen molar-refractivity contribution in [1.82, 2.24) is 4.57 Å². The molecule has 37 heavy (non-hydrogen) atoms. The van der Waals surface area contributed by atoms with Gasteiger partial charge >= 0.3 is 5.97 Å². The van der Waals surface area contributed by atoms with Gasteiger partial charge in [-0.2, -0.15) is 0 Å². The second kappa shape index (κ2) is 16.9. The number of carbonyl (C=O) groups is 2. The summed E-state index contributed by atoms with van der Waals surface area (Å²) < 4.78 is 21.4. The van der Waals surface area contributed by atoms with Gasteiger partial charge in [0.15, 0.2) is 0 Å². The summed E-state index contributed by atoms with van der Waals surface area (Å²) in [7, 11) is 0. The number of carbonyl (C=O) groups excluding carboxylic acids is 2. The number of unbranched alkanes of at least 4 members (excludes halogenated alkanes) is 12. The number of aromatic nitrogens is 1. The number of nitrogens with one attached hydrogen (secondary N) is 1. The van der Waals surface area contributed by atoms with Crippen molar-refractivity contribution >= 4 is 28.5 Å². The SMILES string of the molecule is CCCCCCCCCCCCCCCC(=O)Nc1cc2c(cc1F)c(=O)c(C(=O)OCC)cn2CC. The smallest absolute Gasteiger partial charge is 0.343 e. The molecule has 2 aromatic rings. The van der Waals surface area contributed by atoms with E-state index in [1.165, 1.54) is 76.5 Å². The predicted molar refractivity (Wildman–Crippen MR) is 149 cm³/mol. The number of fused-ring (bicyclic) bond motifs is 1. The van der Waals surface area contributed by atoms with E-state index in [1.807, 2.05) is 6.92 Å². The van der Waals surface area contributed by atoms with Crippen LogP contribution in [0.5, 0.6) is 0 Å². The van der Waals surface area contributed by atoms with E-state index in [9.17, 15) is 18.8 Å². The molecule has 0 radical (unpaired) electrons. The molecule has 0 aliphatic heterocycles. The molecule has 0 aliphatic rings. The highest BCUT2D eigenvalue weighted by molar-refractivity contribution is 5.96. The molecule has 6 nitrogen and oxygen atoms in total. The summed E-state index contributed by atoms with van der Waals surface area (Å²) in [4.78, 5) is 37.4. The third kappa shape index (κ3) is 9.94. The van der Waals surface area contributed by atoms with Gasteiger partial charge in [-0.1, -0.05) is 84.0 Å². The molecule has 0 fully saturated rings. The van der Waals surface area contributed by atoms with E-state index in [0.717, 1.165) is 25.3 Å². The zero-order valence-electron chi connectivity index (χ0n) is 23.0. The summed E-state index contributed by atoms with van der Waals surface area (Å²) in [6.45, 7) is 6.36. The van der Waals surface area contributed by atoms with Gasteiger partial charge in [0, 0.05) is 24.5 Å². The van der Waals surface area contributed by atoms with Crippen molar-refractivity contribution in [2.75, 3.05) is 11.9 Å². The van der Waals surface area contributed by atoms with E-state index in [1.54, 1.807) is 11.5 Å². The van der Waals surface area contributed by atoms with Gasteiger partial charge in [-0.15, -0.1) is 0 Å². The van der Waals surface area contributed by atoms with Crippen molar-refractivity contribution in [3.63, 3.8) is 0 Å². The van der Waals surface area contributed by atoms with E-state index in [2.05, 4.69) is 12.2 Å². The zero-order valence-corrected chi connectivity index (χ0v) is 23.0. The van der Waals surface area contributed by atoms with Crippen LogP contribution in [0, 0.1) is 5.82 Å². The topological polar surface area (TPSA) is 77.4 Å². The molecule has 1 heterocycles. The number of aryl methyl sites for hydroxylation is 1. The Kier molecular flexibility index (Phi) is 14.0. The van der Waals surface area contributed by atoms with Crippen molar-refractivity contribution in [3.05, 3.63) is 39.9 Å². The van der Waals surface area contributed by atoms with Crippen molar-refractivity contribution in [3.8, 4) is 0 Å². The van der Waals surface area contributed by atoms with Crippen LogP contribution in [0.2, 0.25) is 0 Å². The van der Waals surface area contributed by atoms with Gasteiger partial charge in [0.25, 0.3) is 0 Å². The first-order valence-corrected chi connectivity index (χ1v) is 14.3. The zero-order chi connectivity index (χ0) is 27.0. The summed E-state index contributed by atoms with van der Waals surface area (Å²) >= 11 is 0. The molecule has 0 unspecified atom stereocenters. The lowest BCUT2D eigenvalue weighted by molar-refractivity contribution is -0.116. The summed E-state index contributed by atoms with van der Waals surface area (Å²) in [5, 5.41) is 2.74. The lowest BCUT2D eigenvalue weighted by atomic mass is 10.0. The molecule has 1 aromatic heterocycles. The van der Waals surface area contributed by atoms with Crippen LogP contribution in [0.4, 0.5) is 10.1 Å². The van der Waals surface area contributed by atoms with E-state index in [0.29, 0.717) is 18.5 Å². The Morgan fingerprint density at radius 2 is 1.43 bits per heavy atom. The summed E-state index contributed by atoms with van der Waals surface area (Å²) in [5.74, 6) is -1.67. The fourth-order valence-corrected chi connectivity index (χ4v) is 4.64. The van der Waals surface area contributed by atoms with Gasteiger partial charge in [0.2, 0.25) is 11.3 Å². The molecule has 206 valence electrons. The number of hydrogen-bond donors (Lipinski definition) is 1. The van der Waals surface area contributed by atoms with Gasteiger partial charge < -0.3 is 14.6 Å². The van der Waals surface area contributed by atoms with Crippen LogP contribution < -0.4 is 10.7 Å². The molecule has 0 saturated heterocycles. The lowest BCUT2D eigenvalue weighted by Crippen LogP contribution is -2.21. The first-order chi connectivity index (χ1) is 17.9. The number of ether oxygens (including phenoxy) is 1. The van der Waals surface area contributed by atoms with Crippen LogP contribution in [0.3, 0.4) is 0 Å². The first-order valence-electron chi connectivity index (χ1n) is 14.3. The van der Waals surface area contributed by atoms with E-state index < -0.39 is 17.2 Å². The highest BCUT2D eigenvalue weighted by Crippen LogP contribution is 2.23. The number of amides is 1. The Hall–Kier alpha value is -2.70. The van der Waals surface area contributed by atoms with Crippen LogP contribution in [0.15, 0.2) is 23.1 Å². The Labute approximate surface area is 221 Å². The van der Waals surface area contributed by atoms with Gasteiger partial charge in [-0.3, -0.25) is 9.59 Å². The maximum Gasteiger partial charge on any atom is 0.343 e. The molecular weight excluding hydrogens is 471 g/mol. The quantitative estimate of drug-likeness (QED) is 0.162. The van der Waals surface area contributed by atoms with Gasteiger partial charge in [-0.25, -0.2) is 9.18 Å². The maximum absolute atomic E-state index is 14.8. The molecule has 0 bridgehead atoms. The second-order valence-electron chi connectivity index (χ2n) is 9.77. The number of nitrogens with zero attached hydrogens (tertiary/aromatic N) is 1. The third-order valence-corrected chi connectivity index (χ3v) is 6.79. The van der Waals surface area contributed by atoms with Crippen molar-refractivity contribution < 1.29 is 18.7 Å². The monoisotopic (exact) mass is 516 g/mol. The lowest BCUT2D eigenvalue weighted by Gasteiger charge is -2.14. The summed E-state index contributed by atoms with van der Waals surface area (Å²) in [5.41, 5.74) is -0.215. The van der Waals surface area contributed by atoms with Crippen molar-refractivity contribution in [1.29, 1.82) is 0 Å². The fourth-order valence-electron chi connectivity index (χ4n) is 4.64. The average Bonchev–Trinajstić information content (AvgIpc) is 2.88. The highest BCUT2D eigenvalue weighted by Gasteiger charge is 2.18. The van der Waals surface area contributed by atoms with E-state index in [-0.39, 0.29) is 29.2 Å². The van der Waals surface area contributed by atoms with Crippen LogP contribution in [-0.4, -0.2) is 23.1 Å². The average molecular weight is 517 g/mol. The first kappa shape index (κ1) is 30.5. The molecule has 0 atom stereocenters. The molecule has 1 amide bonds. The molecule has 1 N–H and O–H groups in total. The predicted octanol–water partition coefficient (Wildman–Crippen LogP) is 7.76. The minimum atomic E-state index is -0.729. The molecule has 2 rings (SSSR count). The van der Waals surface area contributed by atoms with Gasteiger partial charge in [0.05, 0.1) is 17.8 Å². The Balaban J connectivity index is 1.80. The summed E-state index contributed by atoms with van der Waals surface area (Å²) in [6.07, 6.45) is 17.8. The number of hydrogen-bond acceptors (Lipinski definition) is 4. The minimum absolute atomic E-state index is 0.0395. The van der Waals surface area contributed by atoms with E-state index in [4.69, 9.17) is 4.74 Å². The van der Waals surface area contributed by atoms with E-state index >= 15 is 0 Å². The van der Waals surface area contributed by atoms with Crippen LogP contribution in [0.25, 0.3) is 10.9 Å². The standard InChI is InChI=1S/C30H45FN2O4/c1-4-7-8-9-10-11-12-13-14-15-16-17-18-19-28(34)32-26-21-27-23(20-25(26)31)29(35)24(22-33(27)5-2)30(36)37-6-3/h20-22H,4-19H2,1-3H3,(H,32,34). The summed E-state index contributed by atoms with van der Waals surface area (Å²) in [6, 6.07) is 2.56. The molecule has 0 aliphatic carbocycles. The number of benzene rings is 1. The minimum Gasteiger partial charge on any atom is -0.462 e. The highest BCUT2D eigenvalue weighted by atomic mass is 19.1. The third-order valence-electron chi connectivity index (χ3n) is 6.79. The Morgan fingerprint density at radius 1 is 0.865 bits per heavy atom. The van der Waals surface area contributed by atoms with Crippen LogP contribution >= 0.6 is 0 Å². The largest absolute Gasteiger partial charge is 0.462 e. The fraction of sp³-hybridized carbons (Fsp3) is 0.633. The van der Waals surface area contributed by atoms with Crippen molar-refractivity contribution in [2.45, 2.75) is 117 Å². The molecule has 0 saturated carbocycles. The molecule has 1 aromatic carbocycles. The Morgan fingerprint density at radius 3 is 1.97 bits per heavy atom. The number of esters is 1.